The molecule has 5 heteroatoms. The zero-order valence-corrected chi connectivity index (χ0v) is 21.2. The summed E-state index contributed by atoms with van der Waals surface area (Å²) < 4.78 is 5.91. The first-order valence-corrected chi connectivity index (χ1v) is 12.2. The molecule has 3 aromatic carbocycles. The third kappa shape index (κ3) is 7.99. The Hall–Kier alpha value is -3.60. The molecular weight excluding hydrogens is 436 g/mol. The molecule has 0 saturated heterocycles. The lowest BCUT2D eigenvalue weighted by Crippen LogP contribution is -2.53. The molecule has 0 aliphatic rings. The monoisotopic (exact) mass is 472 g/mol. The van der Waals surface area contributed by atoms with Crippen molar-refractivity contribution in [1.29, 1.82) is 0 Å². The summed E-state index contributed by atoms with van der Waals surface area (Å²) in [6, 6.07) is 24.8. The molecule has 2 atom stereocenters. The minimum absolute atomic E-state index is 0.0148. The normalized spacial score (nSPS) is 12.5. The molecule has 0 bridgehead atoms. The second-order valence-corrected chi connectivity index (χ2v) is 9.14. The second-order valence-electron chi connectivity index (χ2n) is 9.14. The van der Waals surface area contributed by atoms with Gasteiger partial charge in [-0.15, -0.1) is 0 Å². The van der Waals surface area contributed by atoms with Gasteiger partial charge in [-0.25, -0.2) is 0 Å². The predicted octanol–water partition coefficient (Wildman–Crippen LogP) is 5.24. The number of ether oxygens (including phenoxy) is 1. The maximum absolute atomic E-state index is 13.6. The quantitative estimate of drug-likeness (QED) is 0.415. The van der Waals surface area contributed by atoms with E-state index in [0.29, 0.717) is 18.7 Å². The van der Waals surface area contributed by atoms with Crippen LogP contribution < -0.4 is 10.1 Å². The first-order valence-electron chi connectivity index (χ1n) is 12.2. The lowest BCUT2D eigenvalue weighted by molar-refractivity contribution is -0.143. The van der Waals surface area contributed by atoms with Crippen molar-refractivity contribution in [2.24, 2.45) is 0 Å². The molecule has 2 amide bonds. The molecule has 0 unspecified atom stereocenters. The van der Waals surface area contributed by atoms with Crippen molar-refractivity contribution in [3.63, 3.8) is 0 Å². The highest BCUT2D eigenvalue weighted by molar-refractivity contribution is 5.88. The van der Waals surface area contributed by atoms with E-state index in [1.165, 1.54) is 0 Å². The lowest BCUT2D eigenvalue weighted by atomic mass is 10.0. The van der Waals surface area contributed by atoms with E-state index in [1.807, 2.05) is 100 Å². The van der Waals surface area contributed by atoms with Crippen molar-refractivity contribution >= 4 is 11.8 Å². The first kappa shape index (κ1) is 26.0. The molecule has 0 saturated carbocycles. The largest absolute Gasteiger partial charge is 0.484 e. The Morgan fingerprint density at radius 3 is 2.03 bits per heavy atom. The van der Waals surface area contributed by atoms with E-state index in [4.69, 9.17) is 4.74 Å². The smallest absolute Gasteiger partial charge is 0.261 e. The van der Waals surface area contributed by atoms with Crippen LogP contribution in [0.3, 0.4) is 0 Å². The molecule has 0 fully saturated rings. The van der Waals surface area contributed by atoms with Crippen molar-refractivity contribution in [2.45, 2.75) is 59.2 Å². The average Bonchev–Trinajstić information content (AvgIpc) is 2.85. The van der Waals surface area contributed by atoms with Crippen LogP contribution in [0.2, 0.25) is 0 Å². The lowest BCUT2D eigenvalue weighted by Gasteiger charge is -2.32. The van der Waals surface area contributed by atoms with Crippen LogP contribution in [0.15, 0.2) is 78.9 Å². The number of benzene rings is 3. The number of aryl methyl sites for hydroxylation is 2. The van der Waals surface area contributed by atoms with Gasteiger partial charge in [0.25, 0.3) is 5.91 Å². The molecule has 0 radical (unpaired) electrons. The highest BCUT2D eigenvalue weighted by Gasteiger charge is 2.31. The van der Waals surface area contributed by atoms with Gasteiger partial charge in [0.15, 0.2) is 6.61 Å². The molecule has 3 aromatic rings. The van der Waals surface area contributed by atoms with Crippen molar-refractivity contribution in [2.75, 3.05) is 6.61 Å². The summed E-state index contributed by atoms with van der Waals surface area (Å²) in [4.78, 5) is 28.7. The summed E-state index contributed by atoms with van der Waals surface area (Å²) in [6.07, 6.45) is 1.23. The molecule has 35 heavy (non-hydrogen) atoms. The summed E-state index contributed by atoms with van der Waals surface area (Å²) >= 11 is 0. The molecule has 0 aliphatic heterocycles. The van der Waals surface area contributed by atoms with Gasteiger partial charge in [0.2, 0.25) is 5.91 Å². The fraction of sp³-hybridized carbons (Fsp3) is 0.333. The van der Waals surface area contributed by atoms with E-state index < -0.39 is 6.04 Å². The number of nitrogens with one attached hydrogen (secondary N) is 1. The number of hydrogen-bond acceptors (Lipinski definition) is 3. The third-order valence-electron chi connectivity index (χ3n) is 6.03. The van der Waals surface area contributed by atoms with Gasteiger partial charge < -0.3 is 15.0 Å². The first-order chi connectivity index (χ1) is 16.9. The Morgan fingerprint density at radius 1 is 0.886 bits per heavy atom. The van der Waals surface area contributed by atoms with Crippen molar-refractivity contribution in [1.82, 2.24) is 10.2 Å². The van der Waals surface area contributed by atoms with Crippen LogP contribution in [0, 0.1) is 13.8 Å². The molecule has 3 rings (SSSR count). The predicted molar refractivity (Wildman–Crippen MR) is 140 cm³/mol. The maximum Gasteiger partial charge on any atom is 0.261 e. The SMILES string of the molecule is CC[C@H](C)NC(=O)[C@H](Cc1ccccc1)N(Cc1ccccc1)C(=O)COc1cc(C)cc(C)c1. The standard InChI is InChI=1S/C30H36N2O3/c1-5-24(4)31-30(34)28(19-25-12-8-6-9-13-25)32(20-26-14-10-7-11-15-26)29(33)21-35-27-17-22(2)16-23(3)18-27/h6-18,24,28H,5,19-21H2,1-4H3,(H,31,34)/t24-,28-/m0/s1. The number of rotatable bonds is 11. The van der Waals surface area contributed by atoms with Gasteiger partial charge in [0, 0.05) is 19.0 Å². The van der Waals surface area contributed by atoms with Crippen LogP contribution in [-0.2, 0) is 22.6 Å². The molecule has 5 nitrogen and oxygen atoms in total. The number of hydrogen-bond donors (Lipinski definition) is 1. The zero-order valence-electron chi connectivity index (χ0n) is 21.2. The summed E-state index contributed by atoms with van der Waals surface area (Å²) in [7, 11) is 0. The summed E-state index contributed by atoms with van der Waals surface area (Å²) in [6.45, 7) is 8.18. The third-order valence-corrected chi connectivity index (χ3v) is 6.03. The van der Waals surface area contributed by atoms with Crippen molar-refractivity contribution in [3.8, 4) is 5.75 Å². The fourth-order valence-electron chi connectivity index (χ4n) is 4.02. The molecule has 184 valence electrons. The van der Waals surface area contributed by atoms with E-state index in [2.05, 4.69) is 11.4 Å². The molecule has 0 spiro atoms. The Bertz CT molecular complexity index is 1080. The second kappa shape index (κ2) is 12.7. The molecule has 0 heterocycles. The van der Waals surface area contributed by atoms with E-state index in [0.717, 1.165) is 28.7 Å². The average molecular weight is 473 g/mol. The summed E-state index contributed by atoms with van der Waals surface area (Å²) in [5.41, 5.74) is 4.10. The van der Waals surface area contributed by atoms with E-state index in [-0.39, 0.29) is 24.5 Å². The van der Waals surface area contributed by atoms with Crippen LogP contribution >= 0.6 is 0 Å². The van der Waals surface area contributed by atoms with Crippen molar-refractivity contribution < 1.29 is 14.3 Å². The Morgan fingerprint density at radius 2 is 1.46 bits per heavy atom. The van der Waals surface area contributed by atoms with Crippen LogP contribution in [0.5, 0.6) is 5.75 Å². The van der Waals surface area contributed by atoms with Gasteiger partial charge >= 0.3 is 0 Å². The molecular formula is C30H36N2O3. The number of carbonyl (C=O) groups is 2. The molecule has 0 aromatic heterocycles. The van der Waals surface area contributed by atoms with Gasteiger partial charge in [-0.1, -0.05) is 73.7 Å². The number of carbonyl (C=O) groups excluding carboxylic acids is 2. The topological polar surface area (TPSA) is 58.6 Å². The number of amides is 2. The van der Waals surface area contributed by atoms with Crippen LogP contribution in [0.1, 0.15) is 42.5 Å². The maximum atomic E-state index is 13.6. The zero-order chi connectivity index (χ0) is 25.2. The minimum atomic E-state index is -0.665. The van der Waals surface area contributed by atoms with Gasteiger partial charge in [0.05, 0.1) is 0 Å². The van der Waals surface area contributed by atoms with Gasteiger partial charge in [0.1, 0.15) is 11.8 Å². The van der Waals surface area contributed by atoms with E-state index in [1.54, 1.807) is 4.90 Å². The van der Waals surface area contributed by atoms with Gasteiger partial charge in [-0.3, -0.25) is 9.59 Å². The van der Waals surface area contributed by atoms with Gasteiger partial charge in [-0.2, -0.15) is 0 Å². The highest BCUT2D eigenvalue weighted by Crippen LogP contribution is 2.18. The Labute approximate surface area is 209 Å². The minimum Gasteiger partial charge on any atom is -0.484 e. The van der Waals surface area contributed by atoms with Crippen LogP contribution in [0.25, 0.3) is 0 Å². The summed E-state index contributed by atoms with van der Waals surface area (Å²) in [5, 5.41) is 3.09. The number of nitrogens with zero attached hydrogens (tertiary/aromatic N) is 1. The van der Waals surface area contributed by atoms with Crippen molar-refractivity contribution in [3.05, 3.63) is 101 Å². The van der Waals surface area contributed by atoms with Crippen LogP contribution in [-0.4, -0.2) is 35.4 Å². The summed E-state index contributed by atoms with van der Waals surface area (Å²) in [5.74, 6) is 0.270. The molecule has 1 N–H and O–H groups in total. The fourth-order valence-corrected chi connectivity index (χ4v) is 4.02. The van der Waals surface area contributed by atoms with Gasteiger partial charge in [-0.05, 0) is 61.6 Å². The Balaban J connectivity index is 1.90. The molecule has 0 aliphatic carbocycles. The van der Waals surface area contributed by atoms with Crippen LogP contribution in [0.4, 0.5) is 0 Å². The highest BCUT2D eigenvalue weighted by atomic mass is 16.5. The van der Waals surface area contributed by atoms with E-state index >= 15 is 0 Å². The Kier molecular flexibility index (Phi) is 9.47. The van der Waals surface area contributed by atoms with E-state index in [9.17, 15) is 9.59 Å².